The molecule has 2 aliphatic heterocycles. The van der Waals surface area contributed by atoms with Crippen molar-refractivity contribution >= 4 is 5.97 Å². The van der Waals surface area contributed by atoms with E-state index in [0.29, 0.717) is 62.3 Å². The zero-order chi connectivity index (χ0) is 31.2. The van der Waals surface area contributed by atoms with E-state index in [4.69, 9.17) is 9.47 Å². The third kappa shape index (κ3) is 6.04. The van der Waals surface area contributed by atoms with Crippen LogP contribution in [0.15, 0.2) is 36.7 Å². The highest BCUT2D eigenvalue weighted by Gasteiger charge is 2.44. The molecule has 6 rings (SSSR count). The van der Waals surface area contributed by atoms with E-state index < -0.39 is 24.3 Å². The Balaban J connectivity index is 1.26. The monoisotopic (exact) mass is 622 g/mol. The predicted molar refractivity (Wildman–Crippen MR) is 145 cm³/mol. The Hall–Kier alpha value is -3.94. The van der Waals surface area contributed by atoms with E-state index in [1.54, 1.807) is 19.1 Å². The van der Waals surface area contributed by atoms with Gasteiger partial charge in [-0.25, -0.2) is 4.68 Å². The van der Waals surface area contributed by atoms with Crippen LogP contribution < -0.4 is 14.2 Å². The molecule has 0 N–H and O–H groups in total. The van der Waals surface area contributed by atoms with Crippen molar-refractivity contribution in [1.82, 2.24) is 19.7 Å². The Morgan fingerprint density at radius 2 is 1.86 bits per heavy atom. The molecule has 0 spiro atoms. The molecule has 1 aromatic carbocycles. The topological polar surface area (TPSA) is 87.9 Å². The Morgan fingerprint density at radius 1 is 1.11 bits per heavy atom. The number of hydrogen-bond donors (Lipinski definition) is 0. The Kier molecular flexibility index (Phi) is 7.89. The first kappa shape index (κ1) is 30.1. The molecule has 1 saturated heterocycles. The SMILES string of the molecule is COC(=O)C1CCN(C[C@@H]2CCCc3c(C(F)(F)F)nn(-c4cncc(O[C@@H](C)c5ccc6c(c5)OC(F)(F)O6)c4)c32)CC1. The van der Waals surface area contributed by atoms with Crippen molar-refractivity contribution in [1.29, 1.82) is 0 Å². The first-order chi connectivity index (χ1) is 20.9. The van der Waals surface area contributed by atoms with Crippen molar-refractivity contribution in [2.75, 3.05) is 26.7 Å². The normalized spacial score (nSPS) is 20.7. The maximum Gasteiger partial charge on any atom is 0.586 e. The van der Waals surface area contributed by atoms with E-state index in [1.807, 2.05) is 0 Å². The van der Waals surface area contributed by atoms with Crippen LogP contribution in [-0.4, -0.2) is 58.7 Å². The summed E-state index contributed by atoms with van der Waals surface area (Å²) in [6.45, 7) is 3.52. The van der Waals surface area contributed by atoms with Gasteiger partial charge in [0.15, 0.2) is 17.2 Å². The quantitative estimate of drug-likeness (QED) is 0.233. The molecule has 0 saturated carbocycles. The van der Waals surface area contributed by atoms with Crippen molar-refractivity contribution < 1.29 is 45.7 Å². The van der Waals surface area contributed by atoms with Gasteiger partial charge in [0.2, 0.25) is 0 Å². The molecule has 9 nitrogen and oxygen atoms in total. The maximum absolute atomic E-state index is 14.2. The lowest BCUT2D eigenvalue weighted by Gasteiger charge is -2.35. The molecule has 0 unspecified atom stereocenters. The molecule has 4 heterocycles. The number of aromatic nitrogens is 3. The number of halogens is 5. The van der Waals surface area contributed by atoms with Crippen molar-refractivity contribution in [3.63, 3.8) is 0 Å². The first-order valence-electron chi connectivity index (χ1n) is 14.4. The number of esters is 1. The van der Waals surface area contributed by atoms with Crippen molar-refractivity contribution in [2.45, 2.75) is 63.5 Å². The number of hydrogen-bond acceptors (Lipinski definition) is 8. The number of rotatable bonds is 7. The number of piperidine rings is 1. The fourth-order valence-corrected chi connectivity index (χ4v) is 6.30. The van der Waals surface area contributed by atoms with Gasteiger partial charge in [0, 0.05) is 24.1 Å². The van der Waals surface area contributed by atoms with Gasteiger partial charge in [-0.05, 0) is 69.8 Å². The van der Waals surface area contributed by atoms with Crippen LogP contribution in [0.1, 0.15) is 67.1 Å². The lowest BCUT2D eigenvalue weighted by Crippen LogP contribution is -2.39. The first-order valence-corrected chi connectivity index (χ1v) is 14.4. The fraction of sp³-hybridized carbons (Fsp3) is 0.500. The zero-order valence-electron chi connectivity index (χ0n) is 24.1. The van der Waals surface area contributed by atoms with Crippen molar-refractivity contribution in [2.24, 2.45) is 5.92 Å². The molecule has 2 atom stereocenters. The lowest BCUT2D eigenvalue weighted by molar-refractivity contribution is -0.286. The van der Waals surface area contributed by atoms with Gasteiger partial charge < -0.3 is 23.8 Å². The molecule has 44 heavy (non-hydrogen) atoms. The van der Waals surface area contributed by atoms with Gasteiger partial charge >= 0.3 is 18.4 Å². The summed E-state index contributed by atoms with van der Waals surface area (Å²) >= 11 is 0. The van der Waals surface area contributed by atoms with Gasteiger partial charge in [0.1, 0.15) is 11.9 Å². The van der Waals surface area contributed by atoms with Gasteiger partial charge in [-0.2, -0.15) is 18.3 Å². The molecule has 1 aliphatic carbocycles. The number of pyridine rings is 1. The number of carbonyl (C=O) groups excluding carboxylic acids is 1. The van der Waals surface area contributed by atoms with Crippen LogP contribution >= 0.6 is 0 Å². The van der Waals surface area contributed by atoms with Crippen molar-refractivity contribution in [3.05, 3.63) is 59.2 Å². The Labute approximate surface area is 249 Å². The number of nitrogens with zero attached hydrogens (tertiary/aromatic N) is 4. The summed E-state index contributed by atoms with van der Waals surface area (Å²) in [4.78, 5) is 18.4. The van der Waals surface area contributed by atoms with Gasteiger partial charge in [-0.1, -0.05) is 6.07 Å². The van der Waals surface area contributed by atoms with Gasteiger partial charge in [0.25, 0.3) is 0 Å². The molecule has 0 radical (unpaired) electrons. The third-order valence-electron chi connectivity index (χ3n) is 8.41. The second kappa shape index (κ2) is 11.5. The highest BCUT2D eigenvalue weighted by molar-refractivity contribution is 5.72. The zero-order valence-corrected chi connectivity index (χ0v) is 24.1. The fourth-order valence-electron chi connectivity index (χ4n) is 6.30. The van der Waals surface area contributed by atoms with Crippen LogP contribution in [-0.2, 0) is 22.1 Å². The van der Waals surface area contributed by atoms with Crippen LogP contribution in [0, 0.1) is 5.92 Å². The number of fused-ring (bicyclic) bond motifs is 2. The second-order valence-corrected chi connectivity index (χ2v) is 11.3. The average molecular weight is 623 g/mol. The molecule has 236 valence electrons. The summed E-state index contributed by atoms with van der Waals surface area (Å²) in [6, 6.07) is 5.86. The smallest absolute Gasteiger partial charge is 0.484 e. The number of benzene rings is 1. The van der Waals surface area contributed by atoms with E-state index in [2.05, 4.69) is 24.5 Å². The largest absolute Gasteiger partial charge is 0.586 e. The number of alkyl halides is 5. The molecular formula is C30H31F5N4O5. The van der Waals surface area contributed by atoms with Gasteiger partial charge in [-0.15, -0.1) is 8.78 Å². The standard InChI is InChI=1S/C30H31F5N4O5/c1-17(19-6-7-24-25(12-19)44-30(34,35)43-24)42-22-13-21(14-36-15-22)39-26-20(4-3-5-23(26)27(37-39)29(31,32)33)16-38-10-8-18(9-11-38)28(40)41-2/h6-7,12-15,17-18,20H,3-5,8-11,16H2,1-2H3/t17-,20-/m0/s1. The van der Waals surface area contributed by atoms with E-state index >= 15 is 0 Å². The molecule has 0 bridgehead atoms. The number of carbonyl (C=O) groups is 1. The summed E-state index contributed by atoms with van der Waals surface area (Å²) in [5.74, 6) is -0.587. The molecule has 3 aromatic rings. The molecular weight excluding hydrogens is 591 g/mol. The summed E-state index contributed by atoms with van der Waals surface area (Å²) < 4.78 is 90.7. The highest BCUT2D eigenvalue weighted by atomic mass is 19.4. The van der Waals surface area contributed by atoms with Crippen LogP contribution in [0.25, 0.3) is 5.69 Å². The Bertz CT molecular complexity index is 1540. The summed E-state index contributed by atoms with van der Waals surface area (Å²) in [6.07, 6.45) is -3.36. The lowest BCUT2D eigenvalue weighted by atomic mass is 9.85. The van der Waals surface area contributed by atoms with E-state index in [-0.39, 0.29) is 47.0 Å². The van der Waals surface area contributed by atoms with E-state index in [1.165, 1.54) is 36.3 Å². The highest BCUT2D eigenvalue weighted by Crippen LogP contribution is 2.44. The molecule has 14 heteroatoms. The van der Waals surface area contributed by atoms with E-state index in [9.17, 15) is 26.7 Å². The van der Waals surface area contributed by atoms with Crippen LogP contribution in [0.3, 0.4) is 0 Å². The summed E-state index contributed by atoms with van der Waals surface area (Å²) in [5.41, 5.74) is 0.612. The predicted octanol–water partition coefficient (Wildman–Crippen LogP) is 6.05. The molecule has 3 aliphatic rings. The second-order valence-electron chi connectivity index (χ2n) is 11.3. The van der Waals surface area contributed by atoms with Gasteiger partial charge in [-0.3, -0.25) is 9.78 Å². The minimum atomic E-state index is -4.64. The molecule has 0 amide bonds. The summed E-state index contributed by atoms with van der Waals surface area (Å²) in [7, 11) is 1.37. The number of likely N-dealkylation sites (tertiary alicyclic amines) is 1. The van der Waals surface area contributed by atoms with Crippen LogP contribution in [0.4, 0.5) is 22.0 Å². The third-order valence-corrected chi connectivity index (χ3v) is 8.41. The minimum Gasteiger partial charge on any atom is -0.484 e. The van der Waals surface area contributed by atoms with Gasteiger partial charge in [0.05, 0.1) is 36.8 Å². The number of methoxy groups -OCH3 is 1. The maximum atomic E-state index is 14.2. The average Bonchev–Trinajstić information content (AvgIpc) is 3.54. The minimum absolute atomic E-state index is 0.0964. The summed E-state index contributed by atoms with van der Waals surface area (Å²) in [5, 5.41) is 4.07. The van der Waals surface area contributed by atoms with Crippen LogP contribution in [0.2, 0.25) is 0 Å². The van der Waals surface area contributed by atoms with Crippen molar-refractivity contribution in [3.8, 4) is 22.9 Å². The van der Waals surface area contributed by atoms with Crippen LogP contribution in [0.5, 0.6) is 17.2 Å². The Morgan fingerprint density at radius 3 is 2.59 bits per heavy atom. The molecule has 2 aromatic heterocycles. The van der Waals surface area contributed by atoms with E-state index in [0.717, 1.165) is 0 Å². The number of ether oxygens (including phenoxy) is 4. The molecule has 1 fully saturated rings.